The van der Waals surface area contributed by atoms with Crippen LogP contribution >= 0.6 is 15.6 Å². The topological polar surface area (TPSA) is 237 Å². The van der Waals surface area contributed by atoms with Crippen LogP contribution in [0.25, 0.3) is 0 Å². The Morgan fingerprint density at radius 1 is 0.269 bits per heavy atom. The Labute approximate surface area is 654 Å². The van der Waals surface area contributed by atoms with Gasteiger partial charge >= 0.3 is 39.5 Å². The Morgan fingerprint density at radius 2 is 0.491 bits per heavy atom. The van der Waals surface area contributed by atoms with Crippen molar-refractivity contribution in [2.75, 3.05) is 39.6 Å². The van der Waals surface area contributed by atoms with Crippen molar-refractivity contribution in [2.45, 2.75) is 316 Å². The zero-order chi connectivity index (χ0) is 78.9. The summed E-state index contributed by atoms with van der Waals surface area (Å²) in [5.74, 6) is -2.37. The van der Waals surface area contributed by atoms with Gasteiger partial charge in [0.15, 0.2) is 12.2 Å². The smallest absolute Gasteiger partial charge is 0.462 e. The van der Waals surface area contributed by atoms with Crippen LogP contribution in [0.5, 0.6) is 0 Å². The summed E-state index contributed by atoms with van der Waals surface area (Å²) in [5, 5.41) is 10.7. The number of carbonyl (C=O) groups is 4. The van der Waals surface area contributed by atoms with Crippen molar-refractivity contribution in [1.82, 2.24) is 0 Å². The molecule has 0 spiro atoms. The molecule has 0 aliphatic rings. The van der Waals surface area contributed by atoms with E-state index in [0.717, 1.165) is 148 Å². The molecule has 0 heterocycles. The third-order valence-electron chi connectivity index (χ3n) is 16.3. The number of hydrogen-bond donors (Lipinski definition) is 3. The fourth-order valence-electron chi connectivity index (χ4n) is 10.1. The van der Waals surface area contributed by atoms with Gasteiger partial charge < -0.3 is 33.8 Å². The molecule has 0 bridgehead atoms. The van der Waals surface area contributed by atoms with E-state index in [0.29, 0.717) is 38.5 Å². The number of phosphoric ester groups is 2. The predicted molar refractivity (Wildman–Crippen MR) is 445 cm³/mol. The second-order valence-corrected chi connectivity index (χ2v) is 29.5. The molecule has 0 aromatic rings. The number of allylic oxidation sites excluding steroid dienone is 30. The maximum Gasteiger partial charge on any atom is 0.472 e. The van der Waals surface area contributed by atoms with Gasteiger partial charge in [-0.3, -0.25) is 37.3 Å². The second kappa shape index (κ2) is 79.3. The van der Waals surface area contributed by atoms with E-state index in [1.54, 1.807) is 0 Å². The number of aliphatic hydroxyl groups is 1. The summed E-state index contributed by atoms with van der Waals surface area (Å²) in [6.07, 6.45) is 95.9. The first kappa shape index (κ1) is 102. The SMILES string of the molecule is CC/C=C\C/C=C\C/C=C\C/C=C\C/C=C\CCCCCC(=O)OC[C@H](COP(=O)(O)OC[C@@H](O)COP(=O)(O)OC[C@@H](COC(=O)CCCCCCC/C=C\C/C=C\CCCCC)OC(=O)CCC/C=C\C/C=C\C/C=C\C/C=C\CCCCC)OC(=O)CCC/C=C\C/C=C\C/C=C\C/C=C\CCCCC. The average molecular weight is 1550 g/mol. The number of hydrogen-bond acceptors (Lipinski definition) is 15. The molecule has 0 aliphatic carbocycles. The first-order valence-corrected chi connectivity index (χ1v) is 44.0. The highest BCUT2D eigenvalue weighted by Crippen LogP contribution is 2.45. The molecule has 0 rings (SSSR count). The van der Waals surface area contributed by atoms with Gasteiger partial charge in [0.25, 0.3) is 0 Å². The molecular weight excluding hydrogens is 1400 g/mol. The number of unbranched alkanes of at least 4 members (excludes halogenated alkanes) is 19. The van der Waals surface area contributed by atoms with Crippen LogP contribution in [0.1, 0.15) is 297 Å². The van der Waals surface area contributed by atoms with E-state index in [4.69, 9.17) is 37.0 Å². The van der Waals surface area contributed by atoms with Gasteiger partial charge in [-0.2, -0.15) is 0 Å². The molecule has 17 nitrogen and oxygen atoms in total. The average Bonchev–Trinajstić information content (AvgIpc) is 0.903. The van der Waals surface area contributed by atoms with Gasteiger partial charge in [-0.1, -0.05) is 274 Å². The lowest BCUT2D eigenvalue weighted by atomic mass is 10.1. The minimum absolute atomic E-state index is 0.00252. The second-order valence-electron chi connectivity index (χ2n) is 26.6. The van der Waals surface area contributed by atoms with Crippen LogP contribution in [0.15, 0.2) is 182 Å². The molecule has 0 aromatic heterocycles. The molecule has 0 saturated carbocycles. The lowest BCUT2D eigenvalue weighted by molar-refractivity contribution is -0.161. The first-order valence-electron chi connectivity index (χ1n) is 41.0. The standard InChI is InChI=1S/C89H144O17P2/c1-5-9-13-17-21-25-29-33-37-40-41-44-46-50-54-58-62-66-70-74-87(92)100-80-85(106-89(94)76-72-68-64-60-56-52-48-43-39-35-31-27-23-19-15-11-7-3)82-104-108(97,98)102-78-83(90)77-101-107(95,96)103-81-84(79-99-86(91)73-69-65-61-57-53-49-45-36-32-28-24-20-16-12-8-4)105-88(93)75-71-67-63-59-55-51-47-42-38-34-30-26-22-18-14-10-6-2/h9,13,21-28,33-39,41,44-45,47-48,50-52,54,59-60,63-64,83-85,90H,5-8,10-12,14-20,29-32,40,42-43,46,49,53,55-58,61-62,65-82H2,1-4H3,(H,95,96)(H,97,98)/b13-9-,25-21-,26-22-,27-23-,28-24-,37-33-,38-34-,39-35-,44-41-,45-36-,51-47-,52-48-,54-50-,63-59-,64-60-/t83-,84+,85+/m0/s1. The molecule has 0 aromatic carbocycles. The zero-order valence-electron chi connectivity index (χ0n) is 66.9. The van der Waals surface area contributed by atoms with Crippen LogP contribution in [0, 0.1) is 0 Å². The van der Waals surface area contributed by atoms with Crippen molar-refractivity contribution in [3.8, 4) is 0 Å². The summed E-state index contributed by atoms with van der Waals surface area (Å²) >= 11 is 0. The summed E-state index contributed by atoms with van der Waals surface area (Å²) in [4.78, 5) is 73.1. The summed E-state index contributed by atoms with van der Waals surface area (Å²) in [6, 6.07) is 0. The van der Waals surface area contributed by atoms with Gasteiger partial charge in [0.05, 0.1) is 26.4 Å². The summed E-state index contributed by atoms with van der Waals surface area (Å²) in [5.41, 5.74) is 0. The molecule has 612 valence electrons. The largest absolute Gasteiger partial charge is 0.472 e. The predicted octanol–water partition coefficient (Wildman–Crippen LogP) is 24.3. The molecule has 0 fully saturated rings. The van der Waals surface area contributed by atoms with Crippen LogP contribution in [0.3, 0.4) is 0 Å². The van der Waals surface area contributed by atoms with E-state index in [1.807, 2.05) is 24.3 Å². The van der Waals surface area contributed by atoms with Gasteiger partial charge in [0.2, 0.25) is 0 Å². The highest BCUT2D eigenvalue weighted by molar-refractivity contribution is 7.47. The minimum Gasteiger partial charge on any atom is -0.462 e. The molecule has 0 amide bonds. The van der Waals surface area contributed by atoms with E-state index in [9.17, 15) is 43.2 Å². The Morgan fingerprint density at radius 3 is 0.778 bits per heavy atom. The number of carbonyl (C=O) groups excluding carboxylic acids is 4. The van der Waals surface area contributed by atoms with E-state index < -0.39 is 97.5 Å². The quantitative estimate of drug-likeness (QED) is 0.0169. The van der Waals surface area contributed by atoms with Gasteiger partial charge in [-0.25, -0.2) is 9.13 Å². The van der Waals surface area contributed by atoms with Crippen molar-refractivity contribution >= 4 is 39.5 Å². The summed E-state index contributed by atoms with van der Waals surface area (Å²) < 4.78 is 68.5. The molecule has 0 aliphatic heterocycles. The maximum atomic E-state index is 13.1. The maximum absolute atomic E-state index is 13.1. The van der Waals surface area contributed by atoms with Crippen LogP contribution in [0.4, 0.5) is 0 Å². The van der Waals surface area contributed by atoms with Crippen LogP contribution in [0.2, 0.25) is 0 Å². The van der Waals surface area contributed by atoms with Crippen molar-refractivity contribution < 1.29 is 80.2 Å². The third-order valence-corrected chi connectivity index (χ3v) is 18.2. The highest BCUT2D eigenvalue weighted by Gasteiger charge is 2.30. The molecule has 0 saturated heterocycles. The van der Waals surface area contributed by atoms with Crippen molar-refractivity contribution in [1.29, 1.82) is 0 Å². The molecule has 19 heteroatoms. The fourth-order valence-corrected chi connectivity index (χ4v) is 11.7. The lowest BCUT2D eigenvalue weighted by Crippen LogP contribution is -2.30. The summed E-state index contributed by atoms with van der Waals surface area (Å²) in [7, 11) is -10.0. The van der Waals surface area contributed by atoms with Crippen molar-refractivity contribution in [2.24, 2.45) is 0 Å². The van der Waals surface area contributed by atoms with Crippen LogP contribution < -0.4 is 0 Å². The third kappa shape index (κ3) is 78.3. The van der Waals surface area contributed by atoms with Gasteiger partial charge in [-0.15, -0.1) is 0 Å². The zero-order valence-corrected chi connectivity index (χ0v) is 68.7. The lowest BCUT2D eigenvalue weighted by Gasteiger charge is -2.21. The number of esters is 4. The van der Waals surface area contributed by atoms with E-state index in [-0.39, 0.29) is 25.7 Å². The molecule has 108 heavy (non-hydrogen) atoms. The Balaban J connectivity index is 5.54. The monoisotopic (exact) mass is 1550 g/mol. The van der Waals surface area contributed by atoms with Gasteiger partial charge in [0, 0.05) is 25.7 Å². The fraction of sp³-hybridized carbons (Fsp3) is 0.618. The number of ether oxygens (including phenoxy) is 4. The van der Waals surface area contributed by atoms with Gasteiger partial charge in [0.1, 0.15) is 19.3 Å². The normalized spacial score (nSPS) is 14.8. The molecule has 3 N–H and O–H groups in total. The molecule has 0 radical (unpaired) electrons. The highest BCUT2D eigenvalue weighted by atomic mass is 31.2. The number of aliphatic hydroxyl groups excluding tert-OH is 1. The van der Waals surface area contributed by atoms with Crippen molar-refractivity contribution in [3.05, 3.63) is 182 Å². The van der Waals surface area contributed by atoms with E-state index in [2.05, 4.69) is 186 Å². The van der Waals surface area contributed by atoms with Gasteiger partial charge in [-0.05, 0) is 180 Å². The van der Waals surface area contributed by atoms with E-state index >= 15 is 0 Å². The van der Waals surface area contributed by atoms with Crippen LogP contribution in [-0.4, -0.2) is 96.7 Å². The Bertz CT molecular complexity index is 2760. The molecule has 5 atom stereocenters. The Hall–Kier alpha value is -5.84. The minimum atomic E-state index is -5.02. The van der Waals surface area contributed by atoms with E-state index in [1.165, 1.54) is 57.8 Å². The number of rotatable bonds is 75. The van der Waals surface area contributed by atoms with Crippen molar-refractivity contribution in [3.63, 3.8) is 0 Å². The Kier molecular flexibility index (Phi) is 75.0. The van der Waals surface area contributed by atoms with Crippen LogP contribution in [-0.2, 0) is 65.4 Å². The molecule has 2 unspecified atom stereocenters. The number of phosphoric acid groups is 2. The molecular formula is C89H144O17P2. The summed E-state index contributed by atoms with van der Waals surface area (Å²) in [6.45, 7) is 4.48. The first-order chi connectivity index (χ1) is 52.7.